The van der Waals surface area contributed by atoms with Gasteiger partial charge in [-0.25, -0.2) is 9.78 Å². The largest absolute Gasteiger partial charge is 0.348 e. The molecule has 0 radical (unpaired) electrons. The van der Waals surface area contributed by atoms with E-state index >= 15 is 0 Å². The number of carbonyl (C=O) groups is 1. The molecule has 4 heterocycles. The third kappa shape index (κ3) is 2.96. The van der Waals surface area contributed by atoms with Crippen molar-refractivity contribution < 1.29 is 14.3 Å². The van der Waals surface area contributed by atoms with Crippen molar-refractivity contribution >= 4 is 16.9 Å². The van der Waals surface area contributed by atoms with E-state index in [-0.39, 0.29) is 23.3 Å². The molecule has 0 aromatic carbocycles. The van der Waals surface area contributed by atoms with Gasteiger partial charge in [-0.2, -0.15) is 0 Å². The van der Waals surface area contributed by atoms with E-state index in [9.17, 15) is 14.4 Å². The van der Waals surface area contributed by atoms with Crippen LogP contribution in [0.15, 0.2) is 21.7 Å². The van der Waals surface area contributed by atoms with Crippen LogP contribution in [-0.2, 0) is 23.6 Å². The van der Waals surface area contributed by atoms with E-state index in [4.69, 9.17) is 9.47 Å². The highest BCUT2D eigenvalue weighted by Gasteiger charge is 2.37. The third-order valence-corrected chi connectivity index (χ3v) is 5.29. The normalized spacial score (nSPS) is 21.1. The van der Waals surface area contributed by atoms with Gasteiger partial charge in [0.25, 0.3) is 11.5 Å². The molecule has 1 amide bonds. The van der Waals surface area contributed by atoms with Gasteiger partial charge in [0.2, 0.25) is 0 Å². The Kier molecular flexibility index (Phi) is 4.56. The summed E-state index contributed by atoms with van der Waals surface area (Å²) in [6, 6.07) is 2.94. The van der Waals surface area contributed by atoms with Crippen molar-refractivity contribution in [1.82, 2.24) is 19.0 Å². The van der Waals surface area contributed by atoms with Crippen LogP contribution in [0.1, 0.15) is 29.8 Å². The third-order valence-electron chi connectivity index (χ3n) is 5.29. The van der Waals surface area contributed by atoms with Gasteiger partial charge in [-0.15, -0.1) is 0 Å². The SMILES string of the molecule is Cn1c(=O)c2ccc(C(=O)N3CCCCC3C3OCCO3)nc2n(C)c1=O. The second-order valence-electron chi connectivity index (χ2n) is 6.95. The number of carbonyl (C=O) groups excluding carboxylic acids is 1. The molecule has 2 aromatic heterocycles. The lowest BCUT2D eigenvalue weighted by atomic mass is 10.0. The summed E-state index contributed by atoms with van der Waals surface area (Å²) in [4.78, 5) is 43.7. The van der Waals surface area contributed by atoms with E-state index in [0.717, 1.165) is 23.8 Å². The van der Waals surface area contributed by atoms with E-state index in [1.54, 1.807) is 17.0 Å². The quantitative estimate of drug-likeness (QED) is 0.734. The predicted molar refractivity (Wildman–Crippen MR) is 96.6 cm³/mol. The Morgan fingerprint density at radius 2 is 1.85 bits per heavy atom. The maximum absolute atomic E-state index is 13.1. The van der Waals surface area contributed by atoms with Gasteiger partial charge in [-0.05, 0) is 31.4 Å². The predicted octanol–water partition coefficient (Wildman–Crippen LogP) is -0.000200. The maximum Gasteiger partial charge on any atom is 0.332 e. The number of hydrogen-bond acceptors (Lipinski definition) is 6. The Hall–Kier alpha value is -2.52. The highest BCUT2D eigenvalue weighted by Crippen LogP contribution is 2.26. The van der Waals surface area contributed by atoms with E-state index < -0.39 is 17.5 Å². The van der Waals surface area contributed by atoms with Gasteiger partial charge in [0.05, 0.1) is 24.6 Å². The summed E-state index contributed by atoms with van der Waals surface area (Å²) >= 11 is 0. The summed E-state index contributed by atoms with van der Waals surface area (Å²) in [5.41, 5.74) is -0.497. The van der Waals surface area contributed by atoms with Crippen LogP contribution in [0.5, 0.6) is 0 Å². The molecule has 9 heteroatoms. The van der Waals surface area contributed by atoms with Gasteiger partial charge in [0.1, 0.15) is 11.3 Å². The van der Waals surface area contributed by atoms with Crippen molar-refractivity contribution in [3.8, 4) is 0 Å². The lowest BCUT2D eigenvalue weighted by molar-refractivity contribution is -0.100. The summed E-state index contributed by atoms with van der Waals surface area (Å²) in [6.07, 6.45) is 2.31. The molecule has 0 N–H and O–H groups in total. The molecule has 9 nitrogen and oxygen atoms in total. The molecule has 0 spiro atoms. The Labute approximate surface area is 155 Å². The zero-order chi connectivity index (χ0) is 19.1. The smallest absolute Gasteiger partial charge is 0.332 e. The van der Waals surface area contributed by atoms with Crippen LogP contribution in [-0.4, -0.2) is 57.0 Å². The number of pyridine rings is 1. The van der Waals surface area contributed by atoms with Crippen LogP contribution >= 0.6 is 0 Å². The average Bonchev–Trinajstić information content (AvgIpc) is 3.24. The van der Waals surface area contributed by atoms with E-state index in [1.807, 2.05) is 0 Å². The number of aromatic nitrogens is 3. The van der Waals surface area contributed by atoms with Crippen LogP contribution in [0.4, 0.5) is 0 Å². The van der Waals surface area contributed by atoms with Gasteiger partial charge in [0.15, 0.2) is 6.29 Å². The Balaban J connectivity index is 1.73. The molecule has 2 aliphatic heterocycles. The lowest BCUT2D eigenvalue weighted by Crippen LogP contribution is -2.50. The highest BCUT2D eigenvalue weighted by molar-refractivity contribution is 5.94. The second-order valence-corrected chi connectivity index (χ2v) is 6.95. The second kappa shape index (κ2) is 6.90. The van der Waals surface area contributed by atoms with E-state index in [0.29, 0.717) is 25.1 Å². The van der Waals surface area contributed by atoms with Crippen LogP contribution in [0.2, 0.25) is 0 Å². The maximum atomic E-state index is 13.1. The van der Waals surface area contributed by atoms with Gasteiger partial charge in [-0.1, -0.05) is 0 Å². The number of nitrogens with zero attached hydrogens (tertiary/aromatic N) is 4. The number of amides is 1. The number of likely N-dealkylation sites (tertiary alicyclic amines) is 1. The Morgan fingerprint density at radius 1 is 1.11 bits per heavy atom. The number of hydrogen-bond donors (Lipinski definition) is 0. The monoisotopic (exact) mass is 374 g/mol. The molecule has 2 aliphatic rings. The number of piperidine rings is 1. The molecule has 1 unspecified atom stereocenters. The van der Waals surface area contributed by atoms with Crippen molar-refractivity contribution in [3.05, 3.63) is 38.7 Å². The van der Waals surface area contributed by atoms with Crippen LogP contribution in [0, 0.1) is 0 Å². The summed E-state index contributed by atoms with van der Waals surface area (Å²) in [6.45, 7) is 1.66. The molecule has 2 aromatic rings. The van der Waals surface area contributed by atoms with Crippen molar-refractivity contribution in [2.75, 3.05) is 19.8 Å². The number of ether oxygens (including phenoxy) is 2. The molecular weight excluding hydrogens is 352 g/mol. The average molecular weight is 374 g/mol. The first-order valence-corrected chi connectivity index (χ1v) is 9.10. The molecule has 0 aliphatic carbocycles. The van der Waals surface area contributed by atoms with Gasteiger partial charge in [-0.3, -0.25) is 18.7 Å². The number of rotatable bonds is 2. The van der Waals surface area contributed by atoms with Crippen molar-refractivity contribution in [3.63, 3.8) is 0 Å². The zero-order valence-corrected chi connectivity index (χ0v) is 15.4. The lowest BCUT2D eigenvalue weighted by Gasteiger charge is -2.37. The Morgan fingerprint density at radius 3 is 2.59 bits per heavy atom. The summed E-state index contributed by atoms with van der Waals surface area (Å²) in [5, 5.41) is 0.300. The van der Waals surface area contributed by atoms with Crippen LogP contribution < -0.4 is 11.2 Å². The van der Waals surface area contributed by atoms with Crippen molar-refractivity contribution in [1.29, 1.82) is 0 Å². The topological polar surface area (TPSA) is 95.7 Å². The van der Waals surface area contributed by atoms with Crippen LogP contribution in [0.3, 0.4) is 0 Å². The van der Waals surface area contributed by atoms with Crippen molar-refractivity contribution in [2.24, 2.45) is 14.1 Å². The molecule has 27 heavy (non-hydrogen) atoms. The Bertz CT molecular complexity index is 1010. The van der Waals surface area contributed by atoms with Crippen LogP contribution in [0.25, 0.3) is 11.0 Å². The van der Waals surface area contributed by atoms with Crippen molar-refractivity contribution in [2.45, 2.75) is 31.6 Å². The molecular formula is C18H22N4O5. The summed E-state index contributed by atoms with van der Waals surface area (Å²) < 4.78 is 13.5. The van der Waals surface area contributed by atoms with Gasteiger partial charge >= 0.3 is 5.69 Å². The molecule has 0 saturated carbocycles. The molecule has 4 rings (SSSR count). The minimum atomic E-state index is -0.479. The van der Waals surface area contributed by atoms with Gasteiger partial charge in [0, 0.05) is 20.6 Å². The molecule has 0 bridgehead atoms. The fraction of sp³-hybridized carbons (Fsp3) is 0.556. The fourth-order valence-corrected chi connectivity index (χ4v) is 3.81. The first kappa shape index (κ1) is 17.9. The fourth-order valence-electron chi connectivity index (χ4n) is 3.81. The highest BCUT2D eigenvalue weighted by atomic mass is 16.7. The number of fused-ring (bicyclic) bond motifs is 1. The first-order valence-electron chi connectivity index (χ1n) is 9.10. The van der Waals surface area contributed by atoms with E-state index in [2.05, 4.69) is 4.98 Å². The number of aryl methyl sites for hydroxylation is 1. The first-order chi connectivity index (χ1) is 13.0. The summed E-state index contributed by atoms with van der Waals surface area (Å²) in [7, 11) is 2.96. The minimum Gasteiger partial charge on any atom is -0.348 e. The minimum absolute atomic E-state index is 0.154. The zero-order valence-electron chi connectivity index (χ0n) is 15.4. The summed E-state index contributed by atoms with van der Waals surface area (Å²) in [5.74, 6) is -0.242. The van der Waals surface area contributed by atoms with E-state index in [1.165, 1.54) is 18.7 Å². The molecule has 1 atom stereocenters. The van der Waals surface area contributed by atoms with Gasteiger partial charge < -0.3 is 14.4 Å². The molecule has 2 saturated heterocycles. The molecule has 144 valence electrons. The standard InChI is InChI=1S/C18H22N4O5/c1-20-14-11(15(23)21(2)18(20)25)6-7-12(19-14)16(24)22-8-4-3-5-13(22)17-26-9-10-27-17/h6-7,13,17H,3-5,8-10H2,1-2H3. The molecule has 2 fully saturated rings.